The lowest BCUT2D eigenvalue weighted by atomic mass is 9.93. The molecule has 0 amide bonds. The number of ether oxygens (including phenoxy) is 3. The Morgan fingerprint density at radius 2 is 1.65 bits per heavy atom. The summed E-state index contributed by atoms with van der Waals surface area (Å²) >= 11 is 9.57. The zero-order valence-corrected chi connectivity index (χ0v) is 32.0. The van der Waals surface area contributed by atoms with E-state index in [2.05, 4.69) is 27.8 Å². The van der Waals surface area contributed by atoms with Crippen LogP contribution in [0.4, 0.5) is 5.69 Å². The number of unbranched alkanes of at least 4 members (excludes halogenated alkanes) is 2. The summed E-state index contributed by atoms with van der Waals surface area (Å²) in [5.74, 6) is -0.372. The van der Waals surface area contributed by atoms with Gasteiger partial charge in [-0.3, -0.25) is 19.1 Å². The number of anilines is 1. The first-order valence-corrected chi connectivity index (χ1v) is 18.9. The lowest BCUT2D eigenvalue weighted by Crippen LogP contribution is -2.36. The van der Waals surface area contributed by atoms with Gasteiger partial charge in [0.15, 0.2) is 0 Å². The van der Waals surface area contributed by atoms with E-state index in [1.54, 1.807) is 48.1 Å². The van der Waals surface area contributed by atoms with Crippen molar-refractivity contribution in [3.05, 3.63) is 92.0 Å². The Labute approximate surface area is 313 Å². The van der Waals surface area contributed by atoms with E-state index in [-0.39, 0.29) is 37.5 Å². The first-order valence-electron chi connectivity index (χ1n) is 17.7. The third kappa shape index (κ3) is 9.53. The molecular weight excluding hydrogens is 734 g/mol. The van der Waals surface area contributed by atoms with E-state index >= 15 is 0 Å². The van der Waals surface area contributed by atoms with Gasteiger partial charge in [-0.25, -0.2) is 4.79 Å². The van der Waals surface area contributed by atoms with Gasteiger partial charge in [0.25, 0.3) is 5.91 Å². The molecule has 1 aromatic heterocycles. The third-order valence-electron chi connectivity index (χ3n) is 9.76. The number of hydrogen-bond donors (Lipinski definition) is 1. The molecule has 0 bridgehead atoms. The van der Waals surface area contributed by atoms with Crippen LogP contribution in [0, 0.1) is 6.92 Å². The van der Waals surface area contributed by atoms with Crippen molar-refractivity contribution < 1.29 is 28.6 Å². The van der Waals surface area contributed by atoms with Crippen molar-refractivity contribution in [3.8, 4) is 5.75 Å². The minimum atomic E-state index is -0.389. The van der Waals surface area contributed by atoms with Crippen LogP contribution in [-0.4, -0.2) is 60.2 Å². The summed E-state index contributed by atoms with van der Waals surface area (Å²) in [6.45, 7) is 6.12. The molecule has 11 heteroatoms. The zero-order valence-electron chi connectivity index (χ0n) is 29.6. The van der Waals surface area contributed by atoms with Gasteiger partial charge < -0.3 is 19.9 Å². The second kappa shape index (κ2) is 18.1. The largest absolute Gasteiger partial charge is 0.497 e. The molecule has 1 aliphatic carbocycles. The van der Waals surface area contributed by atoms with E-state index in [9.17, 15) is 14.4 Å². The number of halogens is 2. The van der Waals surface area contributed by atoms with Crippen molar-refractivity contribution in [1.82, 2.24) is 9.47 Å². The molecule has 1 saturated carbocycles. The Balaban J connectivity index is 1.11. The fourth-order valence-electron chi connectivity index (χ4n) is 6.89. The molecule has 3 aromatic carbocycles. The molecule has 0 saturated heterocycles. The lowest BCUT2D eigenvalue weighted by Gasteiger charge is -2.34. The number of methoxy groups -OCH3 is 1. The summed E-state index contributed by atoms with van der Waals surface area (Å²) in [5.41, 5.74) is 11.0. The number of rotatable bonds is 15. The van der Waals surface area contributed by atoms with Gasteiger partial charge in [-0.2, -0.15) is 0 Å². The van der Waals surface area contributed by atoms with Crippen LogP contribution in [0.3, 0.4) is 0 Å². The molecule has 5 rings (SSSR count). The van der Waals surface area contributed by atoms with E-state index in [0.717, 1.165) is 23.9 Å². The van der Waals surface area contributed by atoms with Crippen LogP contribution < -0.4 is 10.5 Å². The molecule has 0 spiro atoms. The maximum atomic E-state index is 13.5. The average molecular weight is 781 g/mol. The van der Waals surface area contributed by atoms with E-state index in [1.807, 2.05) is 25.1 Å². The van der Waals surface area contributed by atoms with Gasteiger partial charge in [-0.1, -0.05) is 37.8 Å². The number of esters is 2. The van der Waals surface area contributed by atoms with Crippen molar-refractivity contribution in [3.63, 3.8) is 0 Å². The van der Waals surface area contributed by atoms with Crippen molar-refractivity contribution >= 4 is 62.0 Å². The second-order valence-corrected chi connectivity index (χ2v) is 14.4. The van der Waals surface area contributed by atoms with E-state index < -0.39 is 0 Å². The van der Waals surface area contributed by atoms with Gasteiger partial charge in [0.2, 0.25) is 0 Å². The highest BCUT2D eigenvalue weighted by Crippen LogP contribution is 2.32. The monoisotopic (exact) mass is 779 g/mol. The molecule has 0 atom stereocenters. The molecule has 1 fully saturated rings. The standard InChI is InChI=1S/C40H47BrClN3O6/c1-4-44(31-11-7-5-8-12-31)25-29-21-28(22-35(41)38(29)43)40(48)51-20-10-6-9-19-50-37(46)24-33-26(2)45(36-18-17-32(49-3)23-34(33)36)39(47)27-13-15-30(42)16-14-27/h13-18,21-23,31H,4-12,19-20,24-25,43H2,1-3H3. The molecule has 1 heterocycles. The topological polar surface area (TPSA) is 113 Å². The predicted octanol–water partition coefficient (Wildman–Crippen LogP) is 8.91. The van der Waals surface area contributed by atoms with Crippen molar-refractivity contribution in [2.45, 2.75) is 84.2 Å². The van der Waals surface area contributed by atoms with Gasteiger partial charge >= 0.3 is 11.9 Å². The molecule has 2 N–H and O–H groups in total. The highest BCUT2D eigenvalue weighted by Gasteiger charge is 2.24. The minimum Gasteiger partial charge on any atom is -0.497 e. The summed E-state index contributed by atoms with van der Waals surface area (Å²) < 4.78 is 18.9. The zero-order chi connectivity index (χ0) is 36.5. The van der Waals surface area contributed by atoms with Crippen LogP contribution in [-0.2, 0) is 27.2 Å². The third-order valence-corrected chi connectivity index (χ3v) is 10.7. The van der Waals surface area contributed by atoms with Crippen LogP contribution in [0.15, 0.2) is 59.1 Å². The van der Waals surface area contributed by atoms with Crippen LogP contribution >= 0.6 is 27.5 Å². The van der Waals surface area contributed by atoms with Crippen molar-refractivity contribution in [2.75, 3.05) is 32.6 Å². The van der Waals surface area contributed by atoms with E-state index in [0.29, 0.717) is 74.3 Å². The quantitative estimate of drug-likeness (QED) is 0.0724. The highest BCUT2D eigenvalue weighted by molar-refractivity contribution is 9.10. The number of nitrogens with zero attached hydrogens (tertiary/aromatic N) is 2. The fourth-order valence-corrected chi connectivity index (χ4v) is 7.52. The molecule has 4 aromatic rings. The number of nitrogen functional groups attached to an aromatic ring is 1. The maximum Gasteiger partial charge on any atom is 0.338 e. The maximum absolute atomic E-state index is 13.5. The predicted molar refractivity (Wildman–Crippen MR) is 205 cm³/mol. The summed E-state index contributed by atoms with van der Waals surface area (Å²) in [6, 6.07) is 16.3. The molecule has 0 aliphatic heterocycles. The number of nitrogens with two attached hydrogens (primary N) is 1. The molecule has 272 valence electrons. The Hall–Kier alpha value is -3.86. The van der Waals surface area contributed by atoms with Crippen molar-refractivity contribution in [2.24, 2.45) is 0 Å². The molecular formula is C40H47BrClN3O6. The van der Waals surface area contributed by atoms with Gasteiger partial charge in [0.05, 0.1) is 43.5 Å². The molecule has 1 aliphatic rings. The van der Waals surface area contributed by atoms with Crippen LogP contribution in [0.2, 0.25) is 5.02 Å². The highest BCUT2D eigenvalue weighted by atomic mass is 79.9. The molecule has 0 radical (unpaired) electrons. The number of benzene rings is 3. The minimum absolute atomic E-state index is 0.00379. The fraction of sp³-hybridized carbons (Fsp3) is 0.425. The normalized spacial score (nSPS) is 13.5. The Kier molecular flexibility index (Phi) is 13.6. The van der Waals surface area contributed by atoms with Crippen molar-refractivity contribution in [1.29, 1.82) is 0 Å². The second-order valence-electron chi connectivity index (χ2n) is 13.1. The number of carbonyl (C=O) groups excluding carboxylic acids is 3. The van der Waals surface area contributed by atoms with Crippen LogP contribution in [0.5, 0.6) is 5.75 Å². The van der Waals surface area contributed by atoms with Gasteiger partial charge in [0, 0.05) is 38.7 Å². The first-order chi connectivity index (χ1) is 24.6. The Morgan fingerprint density at radius 3 is 2.33 bits per heavy atom. The number of aromatic nitrogens is 1. The molecule has 9 nitrogen and oxygen atoms in total. The smallest absolute Gasteiger partial charge is 0.338 e. The lowest BCUT2D eigenvalue weighted by molar-refractivity contribution is -0.142. The van der Waals surface area contributed by atoms with Gasteiger partial charge in [-0.05, 0) is 127 Å². The van der Waals surface area contributed by atoms with Crippen LogP contribution in [0.25, 0.3) is 10.9 Å². The van der Waals surface area contributed by atoms with E-state index in [4.69, 9.17) is 31.5 Å². The summed E-state index contributed by atoms with van der Waals surface area (Å²) in [4.78, 5) is 42.0. The summed E-state index contributed by atoms with van der Waals surface area (Å²) in [7, 11) is 1.57. The molecule has 51 heavy (non-hydrogen) atoms. The molecule has 0 unspecified atom stereocenters. The average Bonchev–Trinajstić information content (AvgIpc) is 3.41. The number of carbonyl (C=O) groups is 3. The number of hydrogen-bond acceptors (Lipinski definition) is 8. The van der Waals surface area contributed by atoms with Gasteiger partial charge in [-0.15, -0.1) is 0 Å². The van der Waals surface area contributed by atoms with E-state index in [1.165, 1.54) is 32.1 Å². The Bertz CT molecular complexity index is 1850. The first kappa shape index (κ1) is 38.4. The van der Waals surface area contributed by atoms with Crippen LogP contribution in [0.1, 0.15) is 95.8 Å². The summed E-state index contributed by atoms with van der Waals surface area (Å²) in [6.07, 6.45) is 8.19. The Morgan fingerprint density at radius 1 is 0.941 bits per heavy atom. The van der Waals surface area contributed by atoms with Gasteiger partial charge in [0.1, 0.15) is 5.75 Å². The number of fused-ring (bicyclic) bond motifs is 1. The SMILES string of the molecule is CCN(Cc1cc(C(=O)OCCCCCOC(=O)Cc2c(C)n(C(=O)c3ccc(Cl)cc3)c3ccc(OC)cc23)cc(Br)c1N)C1CCCCC1. The summed E-state index contributed by atoms with van der Waals surface area (Å²) in [5, 5.41) is 1.29.